The number of hydrogen-bond acceptors (Lipinski definition) is 9. The third-order valence-electron chi connectivity index (χ3n) is 10.9. The standard InChI is InChI=1S/C39H77N7O6/c1-11-29(35(40)51)45-27(4)33(49)37(6,7)52-28(5)32(34(50)39(9,13-3)43-10)46-31(48)26-38(8,12-2)30(47)24-22-20-18-16-14-15-17-19-21-23-25-44-36(41)42/h27-30,32,43,45,47H,11-26H2,1-10H3,(H2,40,51)(H,46,48)(H4,41,42,44)/t27?,28?,29-,30?,32?,38?,39?/m1/s1. The van der Waals surface area contributed by atoms with Gasteiger partial charge in [-0.25, -0.2) is 0 Å². The van der Waals surface area contributed by atoms with E-state index in [2.05, 4.69) is 20.9 Å². The lowest BCUT2D eigenvalue weighted by Gasteiger charge is -2.38. The summed E-state index contributed by atoms with van der Waals surface area (Å²) in [5.41, 5.74) is 13.2. The van der Waals surface area contributed by atoms with Crippen molar-refractivity contribution in [1.82, 2.24) is 16.0 Å². The molecule has 0 aliphatic rings. The van der Waals surface area contributed by atoms with Crippen LogP contribution in [0.3, 0.4) is 0 Å². The number of hydrogen-bond donors (Lipinski definition) is 7. The normalized spacial score (nSPS) is 17.1. The summed E-state index contributed by atoms with van der Waals surface area (Å²) < 4.78 is 6.27. The predicted octanol–water partition coefficient (Wildman–Crippen LogP) is 4.16. The quantitative estimate of drug-likeness (QED) is 0.0305. The molecule has 0 saturated carbocycles. The molecular formula is C39H77N7O6. The summed E-state index contributed by atoms with van der Waals surface area (Å²) in [6.07, 6.45) is 11.7. The molecule has 0 bridgehead atoms. The number of unbranched alkanes of at least 4 members (excludes halogenated alkanes) is 9. The second kappa shape index (κ2) is 24.7. The SMILES string of the molecule is CC[C@@H](NC(C)C(=O)C(C)(C)OC(C)C(NC(=O)CC(C)(CC)C(O)CCCCCCCCCCCCN=C(N)N)C(=O)C(C)(CC)NC)C(N)=O. The van der Waals surface area contributed by atoms with Crippen molar-refractivity contribution in [2.45, 2.75) is 200 Å². The van der Waals surface area contributed by atoms with Crippen LogP contribution in [0.5, 0.6) is 0 Å². The summed E-state index contributed by atoms with van der Waals surface area (Å²) in [5, 5.41) is 20.3. The number of carbonyl (C=O) groups excluding carboxylic acids is 4. The van der Waals surface area contributed by atoms with Crippen LogP contribution in [0.2, 0.25) is 0 Å². The Morgan fingerprint density at radius 3 is 1.75 bits per heavy atom. The lowest BCUT2D eigenvalue weighted by molar-refractivity contribution is -0.155. The fourth-order valence-electron chi connectivity index (χ4n) is 6.59. The van der Waals surface area contributed by atoms with E-state index in [1.54, 1.807) is 48.6 Å². The molecule has 2 amide bonds. The molecule has 13 heteroatoms. The highest BCUT2D eigenvalue weighted by atomic mass is 16.5. The van der Waals surface area contributed by atoms with Crippen LogP contribution in [0.15, 0.2) is 4.99 Å². The molecular weight excluding hydrogens is 662 g/mol. The molecule has 0 fully saturated rings. The summed E-state index contributed by atoms with van der Waals surface area (Å²) in [5.74, 6) is -1.36. The Bertz CT molecular complexity index is 1110. The van der Waals surface area contributed by atoms with Crippen molar-refractivity contribution < 1.29 is 29.0 Å². The molecule has 0 aliphatic heterocycles. The van der Waals surface area contributed by atoms with Gasteiger partial charge in [0.15, 0.2) is 17.5 Å². The summed E-state index contributed by atoms with van der Waals surface area (Å²) in [7, 11) is 1.70. The van der Waals surface area contributed by atoms with E-state index in [1.807, 2.05) is 20.8 Å². The van der Waals surface area contributed by atoms with Gasteiger partial charge in [0, 0.05) is 18.4 Å². The summed E-state index contributed by atoms with van der Waals surface area (Å²) >= 11 is 0. The van der Waals surface area contributed by atoms with Crippen molar-refractivity contribution in [2.75, 3.05) is 13.6 Å². The van der Waals surface area contributed by atoms with Crippen LogP contribution in [-0.2, 0) is 23.9 Å². The number of carbonyl (C=O) groups is 4. The van der Waals surface area contributed by atoms with Gasteiger partial charge < -0.3 is 37.7 Å². The van der Waals surface area contributed by atoms with Gasteiger partial charge in [0.2, 0.25) is 11.8 Å². The number of amides is 2. The molecule has 0 heterocycles. The topological polar surface area (TPSA) is 224 Å². The van der Waals surface area contributed by atoms with E-state index in [-0.39, 0.29) is 29.9 Å². The van der Waals surface area contributed by atoms with Gasteiger partial charge in [-0.1, -0.05) is 85.5 Å². The molecule has 304 valence electrons. The van der Waals surface area contributed by atoms with Gasteiger partial charge in [-0.05, 0) is 73.8 Å². The number of nitrogens with zero attached hydrogens (tertiary/aromatic N) is 1. The number of nitrogens with one attached hydrogen (secondary N) is 3. The minimum atomic E-state index is -1.36. The highest BCUT2D eigenvalue weighted by molar-refractivity contribution is 5.96. The first kappa shape index (κ1) is 49.4. The molecule has 13 nitrogen and oxygen atoms in total. The van der Waals surface area contributed by atoms with Gasteiger partial charge in [0.25, 0.3) is 0 Å². The molecule has 0 rings (SSSR count). The number of likely N-dealkylation sites (N-methyl/N-ethyl adjacent to an activating group) is 1. The lowest BCUT2D eigenvalue weighted by Crippen LogP contribution is -2.62. The Hall–Kier alpha value is -2.61. The number of rotatable bonds is 31. The number of aliphatic imine (C=N–C) groups is 1. The Labute approximate surface area is 315 Å². The Morgan fingerprint density at radius 2 is 1.31 bits per heavy atom. The van der Waals surface area contributed by atoms with Crippen molar-refractivity contribution in [2.24, 2.45) is 27.6 Å². The van der Waals surface area contributed by atoms with E-state index in [4.69, 9.17) is 21.9 Å². The van der Waals surface area contributed by atoms with Crippen molar-refractivity contribution in [3.8, 4) is 0 Å². The Morgan fingerprint density at radius 1 is 0.788 bits per heavy atom. The van der Waals surface area contributed by atoms with E-state index < -0.39 is 52.8 Å². The fraction of sp³-hybridized carbons (Fsp3) is 0.872. The molecule has 6 unspecified atom stereocenters. The second-order valence-electron chi connectivity index (χ2n) is 15.6. The molecule has 0 spiro atoms. The van der Waals surface area contributed by atoms with Gasteiger partial charge in [0.1, 0.15) is 11.6 Å². The maximum atomic E-state index is 14.0. The van der Waals surface area contributed by atoms with Crippen LogP contribution >= 0.6 is 0 Å². The molecule has 0 radical (unpaired) electrons. The van der Waals surface area contributed by atoms with E-state index in [1.165, 1.54) is 32.1 Å². The third kappa shape index (κ3) is 17.5. The van der Waals surface area contributed by atoms with Crippen molar-refractivity contribution in [3.63, 3.8) is 0 Å². The van der Waals surface area contributed by atoms with Gasteiger partial charge in [0.05, 0.1) is 29.8 Å². The van der Waals surface area contributed by atoms with E-state index in [9.17, 15) is 24.3 Å². The molecule has 0 aromatic heterocycles. The molecule has 0 aromatic carbocycles. The maximum absolute atomic E-state index is 14.0. The number of nitrogens with two attached hydrogens (primary N) is 3. The minimum Gasteiger partial charge on any atom is -0.393 e. The van der Waals surface area contributed by atoms with Gasteiger partial charge >= 0.3 is 0 Å². The van der Waals surface area contributed by atoms with Crippen LogP contribution in [0.25, 0.3) is 0 Å². The average molecular weight is 740 g/mol. The monoisotopic (exact) mass is 740 g/mol. The smallest absolute Gasteiger partial charge is 0.234 e. The van der Waals surface area contributed by atoms with Crippen LogP contribution in [0.1, 0.15) is 159 Å². The number of aliphatic hydroxyl groups excluding tert-OH is 1. The number of aliphatic hydroxyl groups is 1. The van der Waals surface area contributed by atoms with Gasteiger partial charge in [-0.2, -0.15) is 0 Å². The van der Waals surface area contributed by atoms with E-state index in [0.717, 1.165) is 32.1 Å². The zero-order valence-corrected chi connectivity index (χ0v) is 34.4. The Balaban J connectivity index is 5.36. The number of ether oxygens (including phenoxy) is 1. The first-order valence-corrected chi connectivity index (χ1v) is 19.8. The average Bonchev–Trinajstić information content (AvgIpc) is 3.09. The van der Waals surface area contributed by atoms with E-state index in [0.29, 0.717) is 32.2 Å². The van der Waals surface area contributed by atoms with Crippen LogP contribution in [0, 0.1) is 5.41 Å². The summed E-state index contributed by atoms with van der Waals surface area (Å²) in [6, 6.07) is -2.50. The molecule has 10 N–H and O–H groups in total. The highest BCUT2D eigenvalue weighted by Crippen LogP contribution is 2.33. The summed E-state index contributed by atoms with van der Waals surface area (Å²) in [4.78, 5) is 57.0. The highest BCUT2D eigenvalue weighted by Gasteiger charge is 2.44. The van der Waals surface area contributed by atoms with E-state index >= 15 is 0 Å². The third-order valence-corrected chi connectivity index (χ3v) is 10.9. The van der Waals surface area contributed by atoms with Crippen LogP contribution < -0.4 is 33.2 Å². The molecule has 0 saturated heterocycles. The van der Waals surface area contributed by atoms with Crippen molar-refractivity contribution >= 4 is 29.3 Å². The zero-order valence-electron chi connectivity index (χ0n) is 34.4. The number of Topliss-reactive ketones (excluding diaryl/α,β-unsaturated/α-hetero) is 2. The molecule has 52 heavy (non-hydrogen) atoms. The minimum absolute atomic E-state index is 0.0321. The van der Waals surface area contributed by atoms with Gasteiger partial charge in [-0.15, -0.1) is 0 Å². The molecule has 7 atom stereocenters. The summed E-state index contributed by atoms with van der Waals surface area (Å²) in [6.45, 7) is 16.6. The Kier molecular flexibility index (Phi) is 23.4. The molecule has 0 aromatic rings. The zero-order chi connectivity index (χ0) is 40.1. The second-order valence-corrected chi connectivity index (χ2v) is 15.6. The molecule has 0 aliphatic carbocycles. The van der Waals surface area contributed by atoms with Crippen LogP contribution in [-0.4, -0.2) is 89.5 Å². The van der Waals surface area contributed by atoms with Crippen molar-refractivity contribution in [1.29, 1.82) is 0 Å². The maximum Gasteiger partial charge on any atom is 0.234 e. The largest absolute Gasteiger partial charge is 0.393 e. The van der Waals surface area contributed by atoms with Crippen LogP contribution in [0.4, 0.5) is 0 Å². The first-order valence-electron chi connectivity index (χ1n) is 19.8. The fourth-order valence-corrected chi connectivity index (χ4v) is 6.59. The van der Waals surface area contributed by atoms with Crippen molar-refractivity contribution in [3.05, 3.63) is 0 Å². The first-order chi connectivity index (χ1) is 24.2. The lowest BCUT2D eigenvalue weighted by atomic mass is 9.76. The van der Waals surface area contributed by atoms with Gasteiger partial charge in [-0.3, -0.25) is 29.5 Å². The predicted molar refractivity (Wildman–Crippen MR) is 211 cm³/mol. The number of guanidine groups is 1. The number of primary amides is 1. The number of ketones is 2.